The number of rotatable bonds is 7. The average Bonchev–Trinajstić information content (AvgIpc) is 2.35. The van der Waals surface area contributed by atoms with Crippen molar-refractivity contribution in [2.45, 2.75) is 19.9 Å². The Kier molecular flexibility index (Phi) is 6.31. The van der Waals surface area contributed by atoms with Crippen LogP contribution in [0.15, 0.2) is 24.3 Å². The molecule has 0 unspecified atom stereocenters. The van der Waals surface area contributed by atoms with E-state index in [4.69, 9.17) is 10.00 Å². The second-order valence-corrected chi connectivity index (χ2v) is 4.16. The summed E-state index contributed by atoms with van der Waals surface area (Å²) in [5.41, 5.74) is 1.89. The molecule has 0 bridgehead atoms. The van der Waals surface area contributed by atoms with Gasteiger partial charge in [-0.1, -0.05) is 19.1 Å². The SMILES string of the molecule is CCCOCCN(C)Cc1cccc(C#N)c1. The van der Waals surface area contributed by atoms with E-state index >= 15 is 0 Å². The lowest BCUT2D eigenvalue weighted by molar-refractivity contribution is 0.110. The predicted molar refractivity (Wildman–Crippen MR) is 68.6 cm³/mol. The van der Waals surface area contributed by atoms with E-state index in [9.17, 15) is 0 Å². The third kappa shape index (κ3) is 5.48. The van der Waals surface area contributed by atoms with Gasteiger partial charge in [0.2, 0.25) is 0 Å². The molecule has 3 nitrogen and oxygen atoms in total. The molecule has 0 atom stereocenters. The molecule has 0 aliphatic heterocycles. The Morgan fingerprint density at radius 3 is 2.88 bits per heavy atom. The minimum Gasteiger partial charge on any atom is -0.380 e. The van der Waals surface area contributed by atoms with Crippen LogP contribution in [0.2, 0.25) is 0 Å². The number of ether oxygens (including phenoxy) is 1. The fourth-order valence-corrected chi connectivity index (χ4v) is 1.60. The summed E-state index contributed by atoms with van der Waals surface area (Å²) in [6, 6.07) is 9.89. The Morgan fingerprint density at radius 1 is 1.35 bits per heavy atom. The smallest absolute Gasteiger partial charge is 0.0991 e. The quantitative estimate of drug-likeness (QED) is 0.677. The largest absolute Gasteiger partial charge is 0.380 e. The van der Waals surface area contributed by atoms with Crippen molar-refractivity contribution in [2.24, 2.45) is 0 Å². The maximum absolute atomic E-state index is 8.81. The van der Waals surface area contributed by atoms with Gasteiger partial charge in [-0.15, -0.1) is 0 Å². The first-order valence-corrected chi connectivity index (χ1v) is 6.01. The monoisotopic (exact) mass is 232 g/mol. The summed E-state index contributed by atoms with van der Waals surface area (Å²) < 4.78 is 5.44. The van der Waals surface area contributed by atoms with E-state index in [1.807, 2.05) is 24.3 Å². The van der Waals surface area contributed by atoms with Gasteiger partial charge < -0.3 is 4.74 Å². The highest BCUT2D eigenvalue weighted by atomic mass is 16.5. The molecule has 0 amide bonds. The second-order valence-electron chi connectivity index (χ2n) is 4.16. The van der Waals surface area contributed by atoms with Crippen molar-refractivity contribution in [3.63, 3.8) is 0 Å². The van der Waals surface area contributed by atoms with Gasteiger partial charge in [-0.25, -0.2) is 0 Å². The second kappa shape index (κ2) is 7.83. The highest BCUT2D eigenvalue weighted by Crippen LogP contribution is 2.06. The fraction of sp³-hybridized carbons (Fsp3) is 0.500. The summed E-state index contributed by atoms with van der Waals surface area (Å²) in [6.45, 7) is 5.47. The lowest BCUT2D eigenvalue weighted by Gasteiger charge is -2.16. The Balaban J connectivity index is 2.34. The van der Waals surface area contributed by atoms with Crippen LogP contribution in [0.1, 0.15) is 24.5 Å². The molecule has 0 saturated heterocycles. The number of benzene rings is 1. The summed E-state index contributed by atoms with van der Waals surface area (Å²) in [5.74, 6) is 0. The number of hydrogen-bond acceptors (Lipinski definition) is 3. The van der Waals surface area contributed by atoms with Crippen LogP contribution in [-0.4, -0.2) is 31.7 Å². The maximum atomic E-state index is 8.81. The van der Waals surface area contributed by atoms with Crippen LogP contribution in [-0.2, 0) is 11.3 Å². The third-order valence-electron chi connectivity index (χ3n) is 2.47. The van der Waals surface area contributed by atoms with E-state index in [1.165, 1.54) is 5.56 Å². The molecule has 0 N–H and O–H groups in total. The van der Waals surface area contributed by atoms with Crippen LogP contribution in [0.3, 0.4) is 0 Å². The molecule has 0 radical (unpaired) electrons. The van der Waals surface area contributed by atoms with E-state index < -0.39 is 0 Å². The van der Waals surface area contributed by atoms with Gasteiger partial charge in [-0.2, -0.15) is 5.26 Å². The molecule has 0 aromatic heterocycles. The van der Waals surface area contributed by atoms with Gasteiger partial charge in [-0.3, -0.25) is 4.90 Å². The molecule has 92 valence electrons. The average molecular weight is 232 g/mol. The first-order valence-electron chi connectivity index (χ1n) is 6.01. The zero-order chi connectivity index (χ0) is 12.5. The van der Waals surface area contributed by atoms with Gasteiger partial charge in [-0.05, 0) is 31.2 Å². The molecular weight excluding hydrogens is 212 g/mol. The highest BCUT2D eigenvalue weighted by molar-refractivity contribution is 5.32. The first-order chi connectivity index (χ1) is 8.26. The van der Waals surface area contributed by atoms with Crippen molar-refractivity contribution in [2.75, 3.05) is 26.8 Å². The van der Waals surface area contributed by atoms with Crippen LogP contribution < -0.4 is 0 Å². The van der Waals surface area contributed by atoms with E-state index in [0.717, 1.165) is 38.3 Å². The van der Waals surface area contributed by atoms with Gasteiger partial charge >= 0.3 is 0 Å². The molecule has 0 aliphatic carbocycles. The highest BCUT2D eigenvalue weighted by Gasteiger charge is 2.01. The molecule has 17 heavy (non-hydrogen) atoms. The summed E-state index contributed by atoms with van der Waals surface area (Å²) in [4.78, 5) is 2.20. The van der Waals surface area contributed by atoms with Crippen LogP contribution in [0, 0.1) is 11.3 Å². The number of hydrogen-bond donors (Lipinski definition) is 0. The molecule has 0 spiro atoms. The fourth-order valence-electron chi connectivity index (χ4n) is 1.60. The molecule has 0 heterocycles. The molecule has 3 heteroatoms. The molecule has 0 saturated carbocycles. The molecule has 1 aromatic rings. The maximum Gasteiger partial charge on any atom is 0.0991 e. The normalized spacial score (nSPS) is 10.5. The molecule has 0 fully saturated rings. The van der Waals surface area contributed by atoms with Crippen molar-refractivity contribution in [3.8, 4) is 6.07 Å². The van der Waals surface area contributed by atoms with E-state index in [2.05, 4.69) is 24.9 Å². The Labute approximate surface area is 104 Å². The zero-order valence-electron chi connectivity index (χ0n) is 10.6. The lowest BCUT2D eigenvalue weighted by Crippen LogP contribution is -2.22. The predicted octanol–water partition coefficient (Wildman–Crippen LogP) is 2.42. The van der Waals surface area contributed by atoms with Crippen LogP contribution in [0.25, 0.3) is 0 Å². The number of likely N-dealkylation sites (N-methyl/N-ethyl adjacent to an activating group) is 1. The van der Waals surface area contributed by atoms with Crippen LogP contribution in [0.5, 0.6) is 0 Å². The first kappa shape index (κ1) is 13.7. The van der Waals surface area contributed by atoms with E-state index in [1.54, 1.807) is 0 Å². The Bertz CT molecular complexity index is 371. The molecule has 1 aromatic carbocycles. The molecule has 0 aliphatic rings. The van der Waals surface area contributed by atoms with Crippen LogP contribution in [0.4, 0.5) is 0 Å². The molecular formula is C14H20N2O. The number of nitrogens with zero attached hydrogens (tertiary/aromatic N) is 2. The van der Waals surface area contributed by atoms with Crippen molar-refractivity contribution >= 4 is 0 Å². The standard InChI is InChI=1S/C14H20N2O/c1-3-8-17-9-7-16(2)12-14-6-4-5-13(10-14)11-15/h4-6,10H,3,7-9,12H2,1-2H3. The Morgan fingerprint density at radius 2 is 2.18 bits per heavy atom. The summed E-state index contributed by atoms with van der Waals surface area (Å²) >= 11 is 0. The number of nitriles is 1. The van der Waals surface area contributed by atoms with Crippen molar-refractivity contribution in [1.82, 2.24) is 4.90 Å². The summed E-state index contributed by atoms with van der Waals surface area (Å²) in [5, 5.41) is 8.81. The van der Waals surface area contributed by atoms with Crippen LogP contribution >= 0.6 is 0 Å². The summed E-state index contributed by atoms with van der Waals surface area (Å²) in [6.07, 6.45) is 1.06. The van der Waals surface area contributed by atoms with Crippen molar-refractivity contribution in [3.05, 3.63) is 35.4 Å². The Hall–Kier alpha value is -1.37. The van der Waals surface area contributed by atoms with Gasteiger partial charge in [0.1, 0.15) is 0 Å². The van der Waals surface area contributed by atoms with Crippen molar-refractivity contribution in [1.29, 1.82) is 5.26 Å². The minimum atomic E-state index is 0.720. The van der Waals surface area contributed by atoms with Gasteiger partial charge in [0, 0.05) is 19.7 Å². The van der Waals surface area contributed by atoms with E-state index in [0.29, 0.717) is 0 Å². The van der Waals surface area contributed by atoms with Gasteiger partial charge in [0.15, 0.2) is 0 Å². The minimum absolute atomic E-state index is 0.720. The van der Waals surface area contributed by atoms with Crippen molar-refractivity contribution < 1.29 is 4.74 Å². The van der Waals surface area contributed by atoms with Gasteiger partial charge in [0.25, 0.3) is 0 Å². The topological polar surface area (TPSA) is 36.3 Å². The zero-order valence-corrected chi connectivity index (χ0v) is 10.6. The third-order valence-corrected chi connectivity index (χ3v) is 2.47. The molecule has 1 rings (SSSR count). The summed E-state index contributed by atoms with van der Waals surface area (Å²) in [7, 11) is 2.06. The van der Waals surface area contributed by atoms with E-state index in [-0.39, 0.29) is 0 Å². The lowest BCUT2D eigenvalue weighted by atomic mass is 10.1. The van der Waals surface area contributed by atoms with Gasteiger partial charge in [0.05, 0.1) is 18.2 Å².